The van der Waals surface area contributed by atoms with Crippen molar-refractivity contribution >= 4 is 27.2 Å². The average Bonchev–Trinajstić information content (AvgIpc) is 2.93. The van der Waals surface area contributed by atoms with Crippen LogP contribution in [0.25, 0.3) is 0 Å². The Kier molecular flexibility index (Phi) is 5.08. The number of sulfonamides is 1. The Morgan fingerprint density at radius 1 is 1.25 bits per heavy atom. The quantitative estimate of drug-likeness (QED) is 0.764. The predicted molar refractivity (Wildman–Crippen MR) is 86.1 cm³/mol. The molecule has 2 aliphatic carbocycles. The molecule has 0 aromatic heterocycles. The minimum Gasteiger partial charge on any atom is -0.392 e. The van der Waals surface area contributed by atoms with Gasteiger partial charge in [0.25, 0.3) is 0 Å². The van der Waals surface area contributed by atoms with Crippen molar-refractivity contribution in [2.75, 3.05) is 0 Å². The number of rotatable bonds is 5. The van der Waals surface area contributed by atoms with E-state index in [0.29, 0.717) is 10.9 Å². The van der Waals surface area contributed by atoms with Crippen LogP contribution in [-0.4, -0.2) is 24.2 Å². The molecule has 0 aliphatic heterocycles. The maximum absolute atomic E-state index is 12.5. The van der Waals surface area contributed by atoms with Gasteiger partial charge in [-0.1, -0.05) is 38.4 Å². The molecule has 0 bridgehead atoms. The number of hydrogen-bond donors (Lipinski definition) is 2. The van der Waals surface area contributed by atoms with Crippen molar-refractivity contribution in [1.82, 2.24) is 4.72 Å². The third-order valence-electron chi connectivity index (χ3n) is 5.09. The van der Waals surface area contributed by atoms with E-state index in [1.165, 1.54) is 0 Å². The summed E-state index contributed by atoms with van der Waals surface area (Å²) in [4.78, 5) is 0.314. The van der Waals surface area contributed by atoms with Crippen LogP contribution in [0.15, 0.2) is 0 Å². The van der Waals surface area contributed by atoms with E-state index in [1.54, 1.807) is 0 Å². The number of nitrogens with two attached hydrogens (primary N) is 1. The third kappa shape index (κ3) is 3.34. The predicted octanol–water partition coefficient (Wildman–Crippen LogP) is 2.47. The fraction of sp³-hybridized carbons (Fsp3) is 0.929. The Balaban J connectivity index is 2.12. The molecule has 0 heterocycles. The highest BCUT2D eigenvalue weighted by Gasteiger charge is 2.43. The van der Waals surface area contributed by atoms with Gasteiger partial charge in [0.05, 0.1) is 15.8 Å². The van der Waals surface area contributed by atoms with Crippen LogP contribution < -0.4 is 10.5 Å². The van der Waals surface area contributed by atoms with Crippen LogP contribution in [0.4, 0.5) is 0 Å². The van der Waals surface area contributed by atoms with Gasteiger partial charge in [0, 0.05) is 0 Å². The SMILES string of the molecule is CCC1CCC(NS(=O)(=O)C2CCCC2)(C(N)=S)CC1. The first-order valence-corrected chi connectivity index (χ1v) is 9.68. The summed E-state index contributed by atoms with van der Waals surface area (Å²) in [6.45, 7) is 2.18. The van der Waals surface area contributed by atoms with E-state index in [-0.39, 0.29) is 5.25 Å². The zero-order valence-corrected chi connectivity index (χ0v) is 13.9. The molecule has 116 valence electrons. The smallest absolute Gasteiger partial charge is 0.215 e. The van der Waals surface area contributed by atoms with Gasteiger partial charge in [-0.3, -0.25) is 0 Å². The van der Waals surface area contributed by atoms with E-state index >= 15 is 0 Å². The minimum atomic E-state index is -3.30. The van der Waals surface area contributed by atoms with Gasteiger partial charge in [-0.05, 0) is 44.4 Å². The molecular formula is C14H26N2O2S2. The van der Waals surface area contributed by atoms with Crippen molar-refractivity contribution in [2.45, 2.75) is 75.5 Å². The zero-order chi connectivity index (χ0) is 14.8. The summed E-state index contributed by atoms with van der Waals surface area (Å²) in [6, 6.07) is 0. The summed E-state index contributed by atoms with van der Waals surface area (Å²) < 4.78 is 28.0. The molecule has 4 nitrogen and oxygen atoms in total. The molecule has 0 radical (unpaired) electrons. The molecule has 2 aliphatic rings. The molecule has 0 atom stereocenters. The molecule has 0 unspecified atom stereocenters. The van der Waals surface area contributed by atoms with Gasteiger partial charge in [0.2, 0.25) is 10.0 Å². The molecule has 20 heavy (non-hydrogen) atoms. The number of nitrogens with one attached hydrogen (secondary N) is 1. The summed E-state index contributed by atoms with van der Waals surface area (Å²) in [6.07, 6.45) is 8.16. The second-order valence-corrected chi connectivity index (χ2v) is 8.75. The molecule has 3 N–H and O–H groups in total. The van der Waals surface area contributed by atoms with Crippen molar-refractivity contribution in [3.05, 3.63) is 0 Å². The summed E-state index contributed by atoms with van der Waals surface area (Å²) in [5.41, 5.74) is 5.22. The van der Waals surface area contributed by atoms with Crippen LogP contribution in [-0.2, 0) is 10.0 Å². The Morgan fingerprint density at radius 2 is 1.80 bits per heavy atom. The molecule has 0 amide bonds. The molecule has 0 aromatic rings. The fourth-order valence-corrected chi connectivity index (χ4v) is 5.83. The van der Waals surface area contributed by atoms with Gasteiger partial charge in [0.15, 0.2) is 0 Å². The van der Waals surface area contributed by atoms with E-state index in [0.717, 1.165) is 57.8 Å². The van der Waals surface area contributed by atoms with Crippen LogP contribution in [0.1, 0.15) is 64.7 Å². The first kappa shape index (κ1) is 16.2. The van der Waals surface area contributed by atoms with Crippen molar-refractivity contribution in [2.24, 2.45) is 11.7 Å². The van der Waals surface area contributed by atoms with E-state index < -0.39 is 15.6 Å². The van der Waals surface area contributed by atoms with Crippen molar-refractivity contribution in [1.29, 1.82) is 0 Å². The third-order valence-corrected chi connectivity index (χ3v) is 7.50. The van der Waals surface area contributed by atoms with Gasteiger partial charge in [-0.2, -0.15) is 0 Å². The normalized spacial score (nSPS) is 32.4. The van der Waals surface area contributed by atoms with Gasteiger partial charge >= 0.3 is 0 Å². The van der Waals surface area contributed by atoms with Crippen LogP contribution in [0.3, 0.4) is 0 Å². The van der Waals surface area contributed by atoms with E-state index in [9.17, 15) is 8.42 Å². The highest BCUT2D eigenvalue weighted by molar-refractivity contribution is 7.90. The van der Waals surface area contributed by atoms with E-state index in [1.807, 2.05) is 0 Å². The van der Waals surface area contributed by atoms with E-state index in [2.05, 4.69) is 11.6 Å². The number of hydrogen-bond acceptors (Lipinski definition) is 3. The molecule has 0 saturated heterocycles. The summed E-state index contributed by atoms with van der Waals surface area (Å²) in [5.74, 6) is 0.674. The Hall–Kier alpha value is -0.200. The lowest BCUT2D eigenvalue weighted by atomic mass is 9.76. The zero-order valence-electron chi connectivity index (χ0n) is 12.2. The lowest BCUT2D eigenvalue weighted by Gasteiger charge is -2.40. The molecule has 2 rings (SSSR count). The van der Waals surface area contributed by atoms with Gasteiger partial charge < -0.3 is 5.73 Å². The molecule has 2 saturated carbocycles. The van der Waals surface area contributed by atoms with Gasteiger partial charge in [-0.25, -0.2) is 13.1 Å². The molecule has 2 fully saturated rings. The summed E-state index contributed by atoms with van der Waals surface area (Å²) in [7, 11) is -3.30. The summed E-state index contributed by atoms with van der Waals surface area (Å²) in [5, 5.41) is -0.252. The minimum absolute atomic E-state index is 0.252. The monoisotopic (exact) mass is 318 g/mol. The maximum atomic E-state index is 12.5. The Bertz CT molecular complexity index is 448. The van der Waals surface area contributed by atoms with E-state index in [4.69, 9.17) is 18.0 Å². The second kappa shape index (κ2) is 6.28. The Morgan fingerprint density at radius 3 is 2.25 bits per heavy atom. The molecule has 0 aromatic carbocycles. The molecule has 6 heteroatoms. The topological polar surface area (TPSA) is 72.2 Å². The largest absolute Gasteiger partial charge is 0.392 e. The maximum Gasteiger partial charge on any atom is 0.215 e. The van der Waals surface area contributed by atoms with Gasteiger partial charge in [0.1, 0.15) is 0 Å². The summed E-state index contributed by atoms with van der Waals surface area (Å²) >= 11 is 5.20. The first-order valence-electron chi connectivity index (χ1n) is 7.72. The standard InChI is InChI=1S/C14H26N2O2S2/c1-2-11-7-9-14(10-8-11,13(15)19)16-20(17,18)12-5-3-4-6-12/h11-12,16H,2-10H2,1H3,(H2,15,19). The highest BCUT2D eigenvalue weighted by atomic mass is 32.2. The number of thiocarbonyl (C=S) groups is 1. The van der Waals surface area contributed by atoms with Crippen molar-refractivity contribution in [3.63, 3.8) is 0 Å². The van der Waals surface area contributed by atoms with Crippen LogP contribution in [0.5, 0.6) is 0 Å². The van der Waals surface area contributed by atoms with Crippen LogP contribution in [0.2, 0.25) is 0 Å². The Labute approximate surface area is 127 Å². The molecular weight excluding hydrogens is 292 g/mol. The lowest BCUT2D eigenvalue weighted by Crippen LogP contribution is -2.59. The second-order valence-electron chi connectivity index (χ2n) is 6.35. The van der Waals surface area contributed by atoms with Gasteiger partial charge in [-0.15, -0.1) is 0 Å². The lowest BCUT2D eigenvalue weighted by molar-refractivity contribution is 0.268. The van der Waals surface area contributed by atoms with Crippen molar-refractivity contribution < 1.29 is 8.42 Å². The highest BCUT2D eigenvalue weighted by Crippen LogP contribution is 2.36. The molecule has 0 spiro atoms. The first-order chi connectivity index (χ1) is 9.39. The van der Waals surface area contributed by atoms with Crippen molar-refractivity contribution in [3.8, 4) is 0 Å². The fourth-order valence-electron chi connectivity index (χ4n) is 3.53. The average molecular weight is 319 g/mol. The van der Waals surface area contributed by atoms with Crippen LogP contribution >= 0.6 is 12.2 Å². The van der Waals surface area contributed by atoms with Crippen LogP contribution in [0, 0.1) is 5.92 Å².